The van der Waals surface area contributed by atoms with Crippen molar-refractivity contribution in [3.8, 4) is 0 Å². The summed E-state index contributed by atoms with van der Waals surface area (Å²) in [6.07, 6.45) is 1.31. The fourth-order valence-electron chi connectivity index (χ4n) is 1.79. The first kappa shape index (κ1) is 8.10. The molecule has 0 aliphatic heterocycles. The standard InChI is InChI=1S/C10H12N2O/c1-5-4-7-6(2-3-8(7)13)10(12)9(5)11/h4H,2-3,11-12H2,1H3. The van der Waals surface area contributed by atoms with Crippen LogP contribution in [0, 0.1) is 6.92 Å². The summed E-state index contributed by atoms with van der Waals surface area (Å²) < 4.78 is 0. The van der Waals surface area contributed by atoms with Crippen molar-refractivity contribution >= 4 is 17.2 Å². The molecular weight excluding hydrogens is 164 g/mol. The molecule has 1 aromatic carbocycles. The summed E-state index contributed by atoms with van der Waals surface area (Å²) in [5.41, 5.74) is 15.4. The van der Waals surface area contributed by atoms with Crippen molar-refractivity contribution in [3.05, 3.63) is 22.8 Å². The monoisotopic (exact) mass is 176 g/mol. The van der Waals surface area contributed by atoms with E-state index in [1.54, 1.807) is 0 Å². The molecule has 0 amide bonds. The van der Waals surface area contributed by atoms with E-state index in [2.05, 4.69) is 0 Å². The number of rotatable bonds is 0. The fraction of sp³-hybridized carbons (Fsp3) is 0.300. The summed E-state index contributed by atoms with van der Waals surface area (Å²) in [5.74, 6) is 0.185. The summed E-state index contributed by atoms with van der Waals surface area (Å²) in [4.78, 5) is 11.4. The molecule has 0 fully saturated rings. The quantitative estimate of drug-likeness (QED) is 0.585. The molecule has 1 aliphatic rings. The highest BCUT2D eigenvalue weighted by Gasteiger charge is 2.23. The van der Waals surface area contributed by atoms with Gasteiger partial charge in [0, 0.05) is 12.0 Å². The van der Waals surface area contributed by atoms with Gasteiger partial charge in [-0.05, 0) is 30.5 Å². The van der Waals surface area contributed by atoms with Gasteiger partial charge in [-0.15, -0.1) is 0 Å². The number of nitrogen functional groups attached to an aromatic ring is 2. The Bertz CT molecular complexity index is 396. The molecule has 13 heavy (non-hydrogen) atoms. The van der Waals surface area contributed by atoms with Crippen molar-refractivity contribution in [2.24, 2.45) is 0 Å². The second-order valence-corrected chi connectivity index (χ2v) is 3.47. The maximum atomic E-state index is 11.4. The molecule has 0 aromatic heterocycles. The summed E-state index contributed by atoms with van der Waals surface area (Å²) in [5, 5.41) is 0. The van der Waals surface area contributed by atoms with E-state index in [1.165, 1.54) is 0 Å². The minimum Gasteiger partial charge on any atom is -0.397 e. The third kappa shape index (κ3) is 1.00. The van der Waals surface area contributed by atoms with Gasteiger partial charge in [-0.25, -0.2) is 0 Å². The molecule has 3 nitrogen and oxygen atoms in total. The van der Waals surface area contributed by atoms with Crippen LogP contribution in [0.1, 0.15) is 27.9 Å². The second kappa shape index (κ2) is 2.49. The molecule has 68 valence electrons. The van der Waals surface area contributed by atoms with E-state index in [0.717, 1.165) is 23.1 Å². The van der Waals surface area contributed by atoms with E-state index in [9.17, 15) is 4.79 Å². The molecule has 0 unspecified atom stereocenters. The Labute approximate surface area is 76.7 Å². The SMILES string of the molecule is Cc1cc2c(c(N)c1N)CCC2=O. The highest BCUT2D eigenvalue weighted by atomic mass is 16.1. The zero-order chi connectivity index (χ0) is 9.59. The first-order chi connectivity index (χ1) is 6.11. The lowest BCUT2D eigenvalue weighted by atomic mass is 10.0. The van der Waals surface area contributed by atoms with Gasteiger partial charge in [0.2, 0.25) is 0 Å². The number of hydrogen-bond acceptors (Lipinski definition) is 3. The largest absolute Gasteiger partial charge is 0.397 e. The van der Waals surface area contributed by atoms with Gasteiger partial charge in [-0.2, -0.15) is 0 Å². The van der Waals surface area contributed by atoms with E-state index in [-0.39, 0.29) is 5.78 Å². The molecule has 3 heteroatoms. The molecule has 0 spiro atoms. The number of Topliss-reactive ketones (excluding diaryl/α,β-unsaturated/α-hetero) is 1. The topological polar surface area (TPSA) is 69.1 Å². The van der Waals surface area contributed by atoms with Crippen molar-refractivity contribution in [1.82, 2.24) is 0 Å². The average Bonchev–Trinajstić information content (AvgIpc) is 2.45. The molecule has 0 bridgehead atoms. The van der Waals surface area contributed by atoms with E-state index in [0.29, 0.717) is 17.8 Å². The lowest BCUT2D eigenvalue weighted by Crippen LogP contribution is -2.03. The predicted molar refractivity (Wildman–Crippen MR) is 52.7 cm³/mol. The minimum absolute atomic E-state index is 0.185. The van der Waals surface area contributed by atoms with Gasteiger partial charge < -0.3 is 11.5 Å². The Kier molecular flexibility index (Phi) is 1.55. The van der Waals surface area contributed by atoms with Crippen molar-refractivity contribution < 1.29 is 4.79 Å². The molecule has 1 aromatic rings. The zero-order valence-electron chi connectivity index (χ0n) is 7.55. The van der Waals surface area contributed by atoms with Gasteiger partial charge in [-0.3, -0.25) is 4.79 Å². The van der Waals surface area contributed by atoms with Gasteiger partial charge in [0.15, 0.2) is 5.78 Å². The lowest BCUT2D eigenvalue weighted by molar-refractivity contribution is 0.0994. The number of carbonyl (C=O) groups excluding carboxylic acids is 1. The number of ketones is 1. The highest BCUT2D eigenvalue weighted by molar-refractivity contribution is 6.03. The van der Waals surface area contributed by atoms with Crippen molar-refractivity contribution in [2.45, 2.75) is 19.8 Å². The van der Waals surface area contributed by atoms with Gasteiger partial charge in [0.25, 0.3) is 0 Å². The van der Waals surface area contributed by atoms with E-state index in [1.807, 2.05) is 13.0 Å². The van der Waals surface area contributed by atoms with Crippen LogP contribution in [0.2, 0.25) is 0 Å². The molecule has 0 saturated heterocycles. The molecule has 0 saturated carbocycles. The molecule has 1 aliphatic carbocycles. The second-order valence-electron chi connectivity index (χ2n) is 3.47. The molecule has 0 heterocycles. The zero-order valence-corrected chi connectivity index (χ0v) is 7.55. The molecule has 0 radical (unpaired) electrons. The number of aryl methyl sites for hydroxylation is 1. The molecule has 0 atom stereocenters. The Morgan fingerprint density at radius 2 is 1.92 bits per heavy atom. The van der Waals surface area contributed by atoms with Crippen LogP contribution < -0.4 is 11.5 Å². The Balaban J connectivity index is 2.74. The van der Waals surface area contributed by atoms with Gasteiger partial charge in [0.05, 0.1) is 11.4 Å². The van der Waals surface area contributed by atoms with Crippen LogP contribution in [-0.2, 0) is 6.42 Å². The molecular formula is C10H12N2O. The van der Waals surface area contributed by atoms with Crippen LogP contribution in [0.15, 0.2) is 6.07 Å². The highest BCUT2D eigenvalue weighted by Crippen LogP contribution is 2.33. The van der Waals surface area contributed by atoms with Crippen LogP contribution in [-0.4, -0.2) is 5.78 Å². The van der Waals surface area contributed by atoms with Crippen LogP contribution in [0.4, 0.5) is 11.4 Å². The normalized spacial score (nSPS) is 14.7. The van der Waals surface area contributed by atoms with Crippen LogP contribution in [0.3, 0.4) is 0 Å². The number of fused-ring (bicyclic) bond motifs is 1. The minimum atomic E-state index is 0.185. The molecule has 4 N–H and O–H groups in total. The van der Waals surface area contributed by atoms with Crippen LogP contribution >= 0.6 is 0 Å². The Hall–Kier alpha value is -1.51. The van der Waals surface area contributed by atoms with Gasteiger partial charge in [-0.1, -0.05) is 0 Å². The van der Waals surface area contributed by atoms with Crippen molar-refractivity contribution in [3.63, 3.8) is 0 Å². The smallest absolute Gasteiger partial charge is 0.163 e. The number of anilines is 2. The summed E-state index contributed by atoms with van der Waals surface area (Å²) in [6, 6.07) is 1.84. The van der Waals surface area contributed by atoms with E-state index < -0.39 is 0 Å². The maximum absolute atomic E-state index is 11.4. The van der Waals surface area contributed by atoms with E-state index in [4.69, 9.17) is 11.5 Å². The van der Waals surface area contributed by atoms with Crippen molar-refractivity contribution in [2.75, 3.05) is 11.5 Å². The fourth-order valence-corrected chi connectivity index (χ4v) is 1.79. The number of benzene rings is 1. The van der Waals surface area contributed by atoms with Crippen LogP contribution in [0.5, 0.6) is 0 Å². The average molecular weight is 176 g/mol. The van der Waals surface area contributed by atoms with E-state index >= 15 is 0 Å². The summed E-state index contributed by atoms with van der Waals surface area (Å²) in [7, 11) is 0. The van der Waals surface area contributed by atoms with Crippen LogP contribution in [0.25, 0.3) is 0 Å². The third-order valence-corrected chi connectivity index (χ3v) is 2.63. The number of nitrogens with two attached hydrogens (primary N) is 2. The van der Waals surface area contributed by atoms with Gasteiger partial charge >= 0.3 is 0 Å². The molecule has 2 rings (SSSR count). The maximum Gasteiger partial charge on any atom is 0.163 e. The predicted octanol–water partition coefficient (Wildman–Crippen LogP) is 1.29. The summed E-state index contributed by atoms with van der Waals surface area (Å²) in [6.45, 7) is 1.87. The number of hydrogen-bond donors (Lipinski definition) is 2. The first-order valence-corrected chi connectivity index (χ1v) is 4.32. The van der Waals surface area contributed by atoms with Gasteiger partial charge in [0.1, 0.15) is 0 Å². The number of carbonyl (C=O) groups is 1. The lowest BCUT2D eigenvalue weighted by Gasteiger charge is -2.09. The first-order valence-electron chi connectivity index (χ1n) is 4.32. The Morgan fingerprint density at radius 3 is 2.62 bits per heavy atom. The van der Waals surface area contributed by atoms with Crippen molar-refractivity contribution in [1.29, 1.82) is 0 Å². The summed E-state index contributed by atoms with van der Waals surface area (Å²) >= 11 is 0. The Morgan fingerprint density at radius 1 is 1.23 bits per heavy atom. The third-order valence-electron chi connectivity index (χ3n) is 2.63.